The zero-order valence-corrected chi connectivity index (χ0v) is 12.9. The number of nitrogens with zero attached hydrogens (tertiary/aromatic N) is 2. The normalized spacial score (nSPS) is 12.0. The van der Waals surface area contributed by atoms with E-state index in [0.717, 1.165) is 6.42 Å². The molecule has 0 aliphatic heterocycles. The van der Waals surface area contributed by atoms with Gasteiger partial charge in [-0.15, -0.1) is 0 Å². The molecule has 0 atom stereocenters. The summed E-state index contributed by atoms with van der Waals surface area (Å²) in [5.74, 6) is 0. The molecule has 0 N–H and O–H groups in total. The lowest BCUT2D eigenvalue weighted by molar-refractivity contribution is 0.0957. The highest BCUT2D eigenvalue weighted by molar-refractivity contribution is 8.13. The summed E-state index contributed by atoms with van der Waals surface area (Å²) in [6.45, 7) is 5.53. The third-order valence-corrected chi connectivity index (χ3v) is 4.18. The van der Waals surface area contributed by atoms with Gasteiger partial charge in [-0.3, -0.25) is 4.68 Å². The Morgan fingerprint density at radius 2 is 1.95 bits per heavy atom. The molecule has 0 aliphatic carbocycles. The monoisotopic (exact) mass is 310 g/mol. The number of ether oxygens (including phenoxy) is 2. The Morgan fingerprint density at radius 3 is 2.47 bits per heavy atom. The van der Waals surface area contributed by atoms with Gasteiger partial charge < -0.3 is 9.47 Å². The predicted octanol–water partition coefficient (Wildman–Crippen LogP) is 1.48. The third kappa shape index (κ3) is 4.76. The molecule has 0 aromatic carbocycles. The summed E-state index contributed by atoms with van der Waals surface area (Å²) in [4.78, 5) is 0.0912. The molecule has 1 heterocycles. The van der Waals surface area contributed by atoms with Crippen molar-refractivity contribution in [2.75, 3.05) is 26.9 Å². The van der Waals surface area contributed by atoms with E-state index in [4.69, 9.17) is 20.2 Å². The van der Waals surface area contributed by atoms with Gasteiger partial charge in [-0.05, 0) is 20.3 Å². The van der Waals surface area contributed by atoms with E-state index in [1.54, 1.807) is 25.6 Å². The van der Waals surface area contributed by atoms with Crippen molar-refractivity contribution in [2.24, 2.45) is 0 Å². The van der Waals surface area contributed by atoms with Gasteiger partial charge in [0.05, 0.1) is 24.5 Å². The van der Waals surface area contributed by atoms with Crippen molar-refractivity contribution in [2.45, 2.75) is 31.7 Å². The van der Waals surface area contributed by atoms with Crippen LogP contribution in [-0.2, 0) is 25.1 Å². The van der Waals surface area contributed by atoms with Crippen LogP contribution in [0.3, 0.4) is 0 Å². The van der Waals surface area contributed by atoms with E-state index >= 15 is 0 Å². The van der Waals surface area contributed by atoms with Gasteiger partial charge in [0.1, 0.15) is 4.90 Å². The number of methoxy groups -OCH3 is 1. The molecule has 0 saturated heterocycles. The van der Waals surface area contributed by atoms with Crippen LogP contribution in [0.2, 0.25) is 0 Å². The topological polar surface area (TPSA) is 70.4 Å². The fraction of sp³-hybridized carbons (Fsp3) is 0.727. The second-order valence-corrected chi connectivity index (χ2v) is 6.62. The maximum absolute atomic E-state index is 11.4. The Hall–Kier alpha value is -0.630. The molecule has 6 nitrogen and oxygen atoms in total. The number of hydrogen-bond acceptors (Lipinski definition) is 5. The molecule has 0 spiro atoms. The van der Waals surface area contributed by atoms with Crippen molar-refractivity contribution >= 4 is 19.7 Å². The molecule has 0 bridgehead atoms. The number of hydrogen-bond donors (Lipinski definition) is 0. The Balaban J connectivity index is 2.57. The lowest BCUT2D eigenvalue weighted by Gasteiger charge is -2.06. The molecular weight excluding hydrogens is 292 g/mol. The van der Waals surface area contributed by atoms with E-state index in [1.807, 2.05) is 0 Å². The van der Waals surface area contributed by atoms with Gasteiger partial charge in [-0.1, -0.05) is 0 Å². The summed E-state index contributed by atoms with van der Waals surface area (Å²) in [6.07, 6.45) is 0.828. The van der Waals surface area contributed by atoms with Crippen molar-refractivity contribution in [3.05, 3.63) is 11.4 Å². The van der Waals surface area contributed by atoms with Crippen LogP contribution in [0.1, 0.15) is 17.8 Å². The second-order valence-electron chi connectivity index (χ2n) is 4.12. The molecule has 1 aromatic heterocycles. The maximum atomic E-state index is 11.4. The first-order chi connectivity index (χ1) is 8.88. The number of aromatic nitrogens is 2. The molecule has 0 fully saturated rings. The predicted molar refractivity (Wildman–Crippen MR) is 72.1 cm³/mol. The van der Waals surface area contributed by atoms with Crippen LogP contribution in [0.4, 0.5) is 0 Å². The standard InChI is InChI=1S/C11H19ClN2O4S/c1-9-11(19(12,15)16)10(2)14(13-9)5-8-18-7-4-6-17-3/h4-8H2,1-3H3. The number of aryl methyl sites for hydroxylation is 1. The minimum atomic E-state index is -3.75. The van der Waals surface area contributed by atoms with E-state index < -0.39 is 9.05 Å². The van der Waals surface area contributed by atoms with E-state index in [0.29, 0.717) is 37.8 Å². The Kier molecular flexibility index (Phi) is 6.25. The number of rotatable bonds is 8. The van der Waals surface area contributed by atoms with E-state index in [1.165, 1.54) is 0 Å². The number of halogens is 1. The van der Waals surface area contributed by atoms with Crippen molar-refractivity contribution in [3.8, 4) is 0 Å². The zero-order chi connectivity index (χ0) is 14.5. The van der Waals surface area contributed by atoms with Crippen molar-refractivity contribution < 1.29 is 17.9 Å². The summed E-state index contributed by atoms with van der Waals surface area (Å²) in [7, 11) is 3.26. The van der Waals surface area contributed by atoms with Crippen LogP contribution in [-0.4, -0.2) is 45.1 Å². The van der Waals surface area contributed by atoms with Gasteiger partial charge in [-0.25, -0.2) is 8.42 Å². The smallest absolute Gasteiger partial charge is 0.264 e. The Labute approximate surface area is 118 Å². The molecule has 0 saturated carbocycles. The first-order valence-corrected chi connectivity index (χ1v) is 8.24. The molecule has 0 unspecified atom stereocenters. The Bertz CT molecular complexity index is 513. The SMILES string of the molecule is COCCCOCCn1nc(C)c(S(=O)(=O)Cl)c1C. The first-order valence-electron chi connectivity index (χ1n) is 5.93. The largest absolute Gasteiger partial charge is 0.385 e. The Morgan fingerprint density at radius 1 is 1.26 bits per heavy atom. The van der Waals surface area contributed by atoms with E-state index in [-0.39, 0.29) is 4.90 Å². The average molecular weight is 311 g/mol. The minimum absolute atomic E-state index is 0.0912. The highest BCUT2D eigenvalue weighted by Gasteiger charge is 2.22. The van der Waals surface area contributed by atoms with Crippen molar-refractivity contribution in [3.63, 3.8) is 0 Å². The fourth-order valence-corrected chi connectivity index (χ4v) is 3.33. The molecular formula is C11H19ClN2O4S. The molecule has 0 amide bonds. The van der Waals surface area contributed by atoms with E-state index in [9.17, 15) is 8.42 Å². The third-order valence-electron chi connectivity index (χ3n) is 2.64. The van der Waals surface area contributed by atoms with Crippen LogP contribution < -0.4 is 0 Å². The van der Waals surface area contributed by atoms with Crippen LogP contribution in [0.15, 0.2) is 4.90 Å². The average Bonchev–Trinajstić information content (AvgIpc) is 2.58. The van der Waals surface area contributed by atoms with Gasteiger partial charge in [0.25, 0.3) is 9.05 Å². The summed E-state index contributed by atoms with van der Waals surface area (Å²) in [5, 5.41) is 4.16. The molecule has 0 radical (unpaired) electrons. The minimum Gasteiger partial charge on any atom is -0.385 e. The molecule has 0 aliphatic rings. The quantitative estimate of drug-likeness (QED) is 0.537. The summed E-state index contributed by atoms with van der Waals surface area (Å²) < 4.78 is 34.7. The molecule has 1 aromatic rings. The zero-order valence-electron chi connectivity index (χ0n) is 11.3. The van der Waals surface area contributed by atoms with Crippen LogP contribution in [0.5, 0.6) is 0 Å². The second kappa shape index (κ2) is 7.23. The molecule has 1 rings (SSSR count). The van der Waals surface area contributed by atoms with Gasteiger partial charge in [0.15, 0.2) is 0 Å². The molecule has 19 heavy (non-hydrogen) atoms. The highest BCUT2D eigenvalue weighted by atomic mass is 35.7. The molecule has 8 heteroatoms. The summed E-state index contributed by atoms with van der Waals surface area (Å²) >= 11 is 0. The van der Waals surface area contributed by atoms with Crippen LogP contribution in [0.25, 0.3) is 0 Å². The van der Waals surface area contributed by atoms with Crippen molar-refractivity contribution in [1.82, 2.24) is 9.78 Å². The van der Waals surface area contributed by atoms with Crippen molar-refractivity contribution in [1.29, 1.82) is 0 Å². The fourth-order valence-electron chi connectivity index (χ4n) is 1.81. The highest BCUT2D eigenvalue weighted by Crippen LogP contribution is 2.22. The van der Waals surface area contributed by atoms with Crippen LogP contribution >= 0.6 is 10.7 Å². The van der Waals surface area contributed by atoms with Crippen LogP contribution in [0, 0.1) is 13.8 Å². The lowest BCUT2D eigenvalue weighted by atomic mass is 10.4. The summed E-state index contributed by atoms with van der Waals surface area (Å²) in [6, 6.07) is 0. The first kappa shape index (κ1) is 16.4. The van der Waals surface area contributed by atoms with Gasteiger partial charge >= 0.3 is 0 Å². The summed E-state index contributed by atoms with van der Waals surface area (Å²) in [5.41, 5.74) is 0.944. The van der Waals surface area contributed by atoms with Gasteiger partial charge in [0, 0.05) is 31.0 Å². The maximum Gasteiger partial charge on any atom is 0.264 e. The lowest BCUT2D eigenvalue weighted by Crippen LogP contribution is -2.10. The van der Waals surface area contributed by atoms with Gasteiger partial charge in [0.2, 0.25) is 0 Å². The molecule has 110 valence electrons. The van der Waals surface area contributed by atoms with E-state index in [2.05, 4.69) is 5.10 Å². The van der Waals surface area contributed by atoms with Gasteiger partial charge in [-0.2, -0.15) is 5.10 Å².